The van der Waals surface area contributed by atoms with Crippen molar-refractivity contribution in [1.29, 1.82) is 0 Å². The average molecular weight is 364 g/mol. The van der Waals surface area contributed by atoms with Crippen LogP contribution in [-0.4, -0.2) is 47.3 Å². The van der Waals surface area contributed by atoms with Gasteiger partial charge in [0.2, 0.25) is 0 Å². The molecule has 6 heteroatoms. The van der Waals surface area contributed by atoms with Gasteiger partial charge in [0.1, 0.15) is 11.5 Å². The highest BCUT2D eigenvalue weighted by Crippen LogP contribution is 2.28. The van der Waals surface area contributed by atoms with E-state index >= 15 is 0 Å². The SMILES string of the molecule is CNC[C@@H]1CCN(C(=O)c2cn(-c3ccccc3)nc2-c2ccc(C)o2)C1. The lowest BCUT2D eigenvalue weighted by Gasteiger charge is -2.16. The standard InChI is InChI=1S/C21H24N4O2/c1-15-8-9-19(27-15)20-18(14-25(23-20)17-6-4-3-5-7-17)21(26)24-11-10-16(13-24)12-22-2/h3-9,14,16,22H,10-13H2,1-2H3/t16-/m0/s1. The minimum Gasteiger partial charge on any atom is -0.460 e. The van der Waals surface area contributed by atoms with Gasteiger partial charge in [0.25, 0.3) is 5.91 Å². The summed E-state index contributed by atoms with van der Waals surface area (Å²) in [6, 6.07) is 13.6. The van der Waals surface area contributed by atoms with Gasteiger partial charge in [-0.1, -0.05) is 18.2 Å². The van der Waals surface area contributed by atoms with E-state index in [2.05, 4.69) is 10.4 Å². The highest BCUT2D eigenvalue weighted by atomic mass is 16.3. The first-order chi connectivity index (χ1) is 13.2. The number of aromatic nitrogens is 2. The third-order valence-corrected chi connectivity index (χ3v) is 5.00. The largest absolute Gasteiger partial charge is 0.460 e. The summed E-state index contributed by atoms with van der Waals surface area (Å²) in [5.74, 6) is 1.93. The molecule has 1 amide bonds. The third-order valence-electron chi connectivity index (χ3n) is 5.00. The second-order valence-electron chi connectivity index (χ2n) is 7.05. The zero-order valence-electron chi connectivity index (χ0n) is 15.7. The summed E-state index contributed by atoms with van der Waals surface area (Å²) in [6.45, 7) is 4.37. The third kappa shape index (κ3) is 3.53. The molecular weight excluding hydrogens is 340 g/mol. The van der Waals surface area contributed by atoms with Crippen molar-refractivity contribution in [1.82, 2.24) is 20.0 Å². The van der Waals surface area contributed by atoms with Crippen LogP contribution in [-0.2, 0) is 0 Å². The van der Waals surface area contributed by atoms with Crippen LogP contribution in [0.2, 0.25) is 0 Å². The van der Waals surface area contributed by atoms with Gasteiger partial charge in [0.15, 0.2) is 5.76 Å². The van der Waals surface area contributed by atoms with E-state index in [1.165, 1.54) is 0 Å². The molecule has 27 heavy (non-hydrogen) atoms. The Morgan fingerprint density at radius 1 is 1.26 bits per heavy atom. The summed E-state index contributed by atoms with van der Waals surface area (Å²) in [7, 11) is 1.95. The summed E-state index contributed by atoms with van der Waals surface area (Å²) >= 11 is 0. The van der Waals surface area contributed by atoms with Crippen molar-refractivity contribution in [3.05, 3.63) is 60.0 Å². The van der Waals surface area contributed by atoms with Crippen LogP contribution < -0.4 is 5.32 Å². The van der Waals surface area contributed by atoms with E-state index in [0.29, 0.717) is 22.9 Å². The summed E-state index contributed by atoms with van der Waals surface area (Å²) < 4.78 is 7.53. The van der Waals surface area contributed by atoms with Crippen LogP contribution in [0.3, 0.4) is 0 Å². The maximum Gasteiger partial charge on any atom is 0.257 e. The van der Waals surface area contributed by atoms with Gasteiger partial charge in [-0.3, -0.25) is 4.79 Å². The molecule has 0 aliphatic carbocycles. The zero-order valence-corrected chi connectivity index (χ0v) is 15.7. The van der Waals surface area contributed by atoms with Crippen LogP contribution in [0.25, 0.3) is 17.1 Å². The first-order valence-electron chi connectivity index (χ1n) is 9.31. The summed E-state index contributed by atoms with van der Waals surface area (Å²) in [5.41, 5.74) is 2.09. The topological polar surface area (TPSA) is 63.3 Å². The molecule has 1 N–H and O–H groups in total. The van der Waals surface area contributed by atoms with Crippen molar-refractivity contribution in [3.8, 4) is 17.1 Å². The van der Waals surface area contributed by atoms with Gasteiger partial charge in [-0.25, -0.2) is 4.68 Å². The fourth-order valence-electron chi connectivity index (χ4n) is 3.63. The Labute approximate surface area is 158 Å². The number of nitrogens with zero attached hydrogens (tertiary/aromatic N) is 3. The molecule has 4 rings (SSSR count). The predicted octanol–water partition coefficient (Wildman–Crippen LogP) is 3.12. The average Bonchev–Trinajstić information content (AvgIpc) is 3.41. The van der Waals surface area contributed by atoms with E-state index in [0.717, 1.165) is 37.5 Å². The van der Waals surface area contributed by atoms with E-state index in [4.69, 9.17) is 4.42 Å². The first-order valence-corrected chi connectivity index (χ1v) is 9.31. The van der Waals surface area contributed by atoms with Crippen LogP contribution in [0, 0.1) is 12.8 Å². The maximum absolute atomic E-state index is 13.3. The fraction of sp³-hybridized carbons (Fsp3) is 0.333. The molecular formula is C21H24N4O2. The Kier molecular flexibility index (Phi) is 4.81. The van der Waals surface area contributed by atoms with E-state index in [1.54, 1.807) is 4.68 Å². The van der Waals surface area contributed by atoms with Crippen LogP contribution in [0.15, 0.2) is 53.1 Å². The molecule has 140 valence electrons. The molecule has 0 bridgehead atoms. The number of aryl methyl sites for hydroxylation is 1. The maximum atomic E-state index is 13.3. The highest BCUT2D eigenvalue weighted by molar-refractivity contribution is 5.99. The lowest BCUT2D eigenvalue weighted by Crippen LogP contribution is -2.30. The van der Waals surface area contributed by atoms with Gasteiger partial charge in [0.05, 0.1) is 11.3 Å². The molecule has 3 aromatic rings. The number of benzene rings is 1. The quantitative estimate of drug-likeness (QED) is 0.756. The molecule has 0 unspecified atom stereocenters. The van der Waals surface area contributed by atoms with E-state index in [-0.39, 0.29) is 5.91 Å². The minimum absolute atomic E-state index is 0.0137. The summed E-state index contributed by atoms with van der Waals surface area (Å²) in [6.07, 6.45) is 2.84. The van der Waals surface area contributed by atoms with Gasteiger partial charge in [-0.15, -0.1) is 0 Å². The highest BCUT2D eigenvalue weighted by Gasteiger charge is 2.30. The lowest BCUT2D eigenvalue weighted by atomic mass is 10.1. The molecule has 1 aliphatic heterocycles. The number of rotatable bonds is 5. The number of hydrogen-bond donors (Lipinski definition) is 1. The smallest absolute Gasteiger partial charge is 0.257 e. The first kappa shape index (κ1) is 17.5. The van der Waals surface area contributed by atoms with Crippen LogP contribution in [0.5, 0.6) is 0 Å². The molecule has 6 nitrogen and oxygen atoms in total. The van der Waals surface area contributed by atoms with Crippen LogP contribution >= 0.6 is 0 Å². The number of furan rings is 1. The Hall–Kier alpha value is -2.86. The summed E-state index contributed by atoms with van der Waals surface area (Å²) in [4.78, 5) is 15.2. The number of para-hydroxylation sites is 1. The molecule has 1 atom stereocenters. The number of amides is 1. The van der Waals surface area contributed by atoms with E-state index in [9.17, 15) is 4.79 Å². The van der Waals surface area contributed by atoms with Gasteiger partial charge >= 0.3 is 0 Å². The van der Waals surface area contributed by atoms with Crippen LogP contribution in [0.1, 0.15) is 22.5 Å². The lowest BCUT2D eigenvalue weighted by molar-refractivity contribution is 0.0787. The Morgan fingerprint density at radius 3 is 2.78 bits per heavy atom. The second-order valence-corrected chi connectivity index (χ2v) is 7.05. The van der Waals surface area contributed by atoms with Gasteiger partial charge < -0.3 is 14.6 Å². The predicted molar refractivity (Wildman–Crippen MR) is 104 cm³/mol. The molecule has 0 spiro atoms. The van der Waals surface area contributed by atoms with Crippen molar-refractivity contribution < 1.29 is 9.21 Å². The molecule has 0 radical (unpaired) electrons. The molecule has 1 fully saturated rings. The number of hydrogen-bond acceptors (Lipinski definition) is 4. The minimum atomic E-state index is 0.0137. The summed E-state index contributed by atoms with van der Waals surface area (Å²) in [5, 5.41) is 7.88. The van der Waals surface area contributed by atoms with Gasteiger partial charge in [-0.2, -0.15) is 5.10 Å². The molecule has 0 saturated carbocycles. The van der Waals surface area contributed by atoms with Gasteiger partial charge in [-0.05, 0) is 57.1 Å². The Balaban J connectivity index is 1.70. The van der Waals surface area contributed by atoms with Crippen molar-refractivity contribution in [2.75, 3.05) is 26.7 Å². The Bertz CT molecular complexity index is 929. The van der Waals surface area contributed by atoms with Crippen molar-refractivity contribution in [3.63, 3.8) is 0 Å². The van der Waals surface area contributed by atoms with Crippen molar-refractivity contribution in [2.24, 2.45) is 5.92 Å². The van der Waals surface area contributed by atoms with Crippen LogP contribution in [0.4, 0.5) is 0 Å². The Morgan fingerprint density at radius 2 is 2.07 bits per heavy atom. The monoisotopic (exact) mass is 364 g/mol. The number of carbonyl (C=O) groups excluding carboxylic acids is 1. The fourth-order valence-corrected chi connectivity index (χ4v) is 3.63. The van der Waals surface area contributed by atoms with Crippen molar-refractivity contribution in [2.45, 2.75) is 13.3 Å². The van der Waals surface area contributed by atoms with Gasteiger partial charge in [0, 0.05) is 19.3 Å². The molecule has 1 aliphatic rings. The molecule has 3 heterocycles. The van der Waals surface area contributed by atoms with E-state index < -0.39 is 0 Å². The second kappa shape index (κ2) is 7.40. The molecule has 1 aromatic carbocycles. The van der Waals surface area contributed by atoms with Crippen molar-refractivity contribution >= 4 is 5.91 Å². The normalized spacial score (nSPS) is 16.8. The zero-order chi connectivity index (χ0) is 18.8. The number of likely N-dealkylation sites (tertiary alicyclic amines) is 1. The number of carbonyl (C=O) groups is 1. The molecule has 1 saturated heterocycles. The number of nitrogens with one attached hydrogen (secondary N) is 1. The molecule has 2 aromatic heterocycles. The van der Waals surface area contributed by atoms with E-state index in [1.807, 2.05) is 67.5 Å².